The predicted molar refractivity (Wildman–Crippen MR) is 86.8 cm³/mol. The van der Waals surface area contributed by atoms with Gasteiger partial charge in [-0.2, -0.15) is 5.10 Å². The van der Waals surface area contributed by atoms with E-state index >= 15 is 0 Å². The van der Waals surface area contributed by atoms with Crippen molar-refractivity contribution in [2.24, 2.45) is 0 Å². The maximum absolute atomic E-state index is 12.9. The Morgan fingerprint density at radius 3 is 3.05 bits per heavy atom. The average Bonchev–Trinajstić information content (AvgIpc) is 3.27. The van der Waals surface area contributed by atoms with Gasteiger partial charge in [0.05, 0.1) is 17.8 Å². The van der Waals surface area contributed by atoms with E-state index in [1.54, 1.807) is 18.0 Å². The zero-order chi connectivity index (χ0) is 14.9. The quantitative estimate of drug-likeness (QED) is 0.874. The molecular formula is C17H19N3OS. The second-order valence-electron chi connectivity index (χ2n) is 5.97. The summed E-state index contributed by atoms with van der Waals surface area (Å²) >= 11 is 1.73. The molecule has 4 nitrogen and oxygen atoms in total. The van der Waals surface area contributed by atoms with Crippen LogP contribution >= 0.6 is 11.8 Å². The normalized spacial score (nSPS) is 23.7. The molecule has 0 bridgehead atoms. The molecule has 2 atom stereocenters. The molecule has 0 saturated carbocycles. The first-order valence-electron chi connectivity index (χ1n) is 7.84. The molecule has 2 aromatic rings. The molecule has 2 aliphatic heterocycles. The van der Waals surface area contributed by atoms with Crippen molar-refractivity contribution >= 4 is 17.7 Å². The van der Waals surface area contributed by atoms with E-state index in [9.17, 15) is 4.79 Å². The fraction of sp³-hybridized carbons (Fsp3) is 0.412. The molecule has 2 aliphatic rings. The van der Waals surface area contributed by atoms with Crippen molar-refractivity contribution in [3.63, 3.8) is 0 Å². The first kappa shape index (κ1) is 13.9. The van der Waals surface area contributed by atoms with Gasteiger partial charge in [0.1, 0.15) is 0 Å². The van der Waals surface area contributed by atoms with Gasteiger partial charge in [-0.25, -0.2) is 0 Å². The minimum absolute atomic E-state index is 0.0515. The van der Waals surface area contributed by atoms with Crippen LogP contribution in [0.5, 0.6) is 0 Å². The highest BCUT2D eigenvalue weighted by Crippen LogP contribution is 2.38. The first-order valence-corrected chi connectivity index (χ1v) is 8.72. The fourth-order valence-electron chi connectivity index (χ4n) is 3.44. The Bertz CT molecular complexity index is 645. The lowest BCUT2D eigenvalue weighted by molar-refractivity contribution is -0.131. The summed E-state index contributed by atoms with van der Waals surface area (Å²) in [5.41, 5.74) is 1.31. The Morgan fingerprint density at radius 1 is 1.32 bits per heavy atom. The van der Waals surface area contributed by atoms with Crippen LogP contribution in [-0.4, -0.2) is 38.4 Å². The van der Waals surface area contributed by atoms with Crippen LogP contribution in [0.4, 0.5) is 0 Å². The number of fused-ring (bicyclic) bond motifs is 1. The molecule has 1 aromatic carbocycles. The van der Waals surface area contributed by atoms with Crippen LogP contribution in [0.1, 0.15) is 18.4 Å². The van der Waals surface area contributed by atoms with E-state index in [0.29, 0.717) is 5.91 Å². The second-order valence-corrected chi connectivity index (χ2v) is 7.22. The van der Waals surface area contributed by atoms with Gasteiger partial charge in [-0.3, -0.25) is 9.48 Å². The number of hydrogen-bond acceptors (Lipinski definition) is 3. The van der Waals surface area contributed by atoms with Crippen LogP contribution in [-0.2, 0) is 17.8 Å². The molecule has 0 N–H and O–H groups in total. The molecular weight excluding hydrogens is 294 g/mol. The third-order valence-corrected chi connectivity index (χ3v) is 5.84. The molecule has 4 rings (SSSR count). The molecule has 114 valence electrons. The lowest BCUT2D eigenvalue weighted by Gasteiger charge is -2.27. The molecule has 5 heteroatoms. The summed E-state index contributed by atoms with van der Waals surface area (Å²) in [4.78, 5) is 16.3. The van der Waals surface area contributed by atoms with E-state index in [1.807, 2.05) is 16.9 Å². The minimum Gasteiger partial charge on any atom is -0.337 e. The van der Waals surface area contributed by atoms with E-state index in [4.69, 9.17) is 0 Å². The number of amides is 1. The van der Waals surface area contributed by atoms with Gasteiger partial charge < -0.3 is 4.90 Å². The monoisotopic (exact) mass is 313 g/mol. The molecule has 1 fully saturated rings. The summed E-state index contributed by atoms with van der Waals surface area (Å²) in [6, 6.07) is 10.6. The Morgan fingerprint density at radius 2 is 2.23 bits per heavy atom. The summed E-state index contributed by atoms with van der Waals surface area (Å²) in [5.74, 6) is 0.302. The van der Waals surface area contributed by atoms with E-state index in [1.165, 1.54) is 10.5 Å². The van der Waals surface area contributed by atoms with Crippen LogP contribution in [0.15, 0.2) is 47.6 Å². The van der Waals surface area contributed by atoms with Crippen LogP contribution in [0.25, 0.3) is 0 Å². The average molecular weight is 313 g/mol. The Balaban J connectivity index is 1.46. The van der Waals surface area contributed by atoms with Gasteiger partial charge in [-0.1, -0.05) is 18.2 Å². The summed E-state index contributed by atoms with van der Waals surface area (Å²) in [6.45, 7) is 1.70. The number of likely N-dealkylation sites (tertiary alicyclic amines) is 1. The number of hydrogen-bond donors (Lipinski definition) is 0. The van der Waals surface area contributed by atoms with Gasteiger partial charge in [-0.15, -0.1) is 11.8 Å². The van der Waals surface area contributed by atoms with Crippen molar-refractivity contribution in [3.8, 4) is 0 Å². The second kappa shape index (κ2) is 5.80. The van der Waals surface area contributed by atoms with Crippen molar-refractivity contribution in [2.75, 3.05) is 6.54 Å². The van der Waals surface area contributed by atoms with Crippen LogP contribution < -0.4 is 0 Å². The van der Waals surface area contributed by atoms with Gasteiger partial charge in [0.2, 0.25) is 5.91 Å². The molecule has 0 spiro atoms. The topological polar surface area (TPSA) is 38.1 Å². The summed E-state index contributed by atoms with van der Waals surface area (Å²) in [7, 11) is 0. The molecule has 22 heavy (non-hydrogen) atoms. The van der Waals surface area contributed by atoms with Crippen LogP contribution in [0.3, 0.4) is 0 Å². The van der Waals surface area contributed by atoms with Crippen molar-refractivity contribution in [3.05, 3.63) is 48.3 Å². The number of benzene rings is 1. The molecule has 0 aliphatic carbocycles. The minimum atomic E-state index is 0.0515. The smallest absolute Gasteiger partial charge is 0.236 e. The van der Waals surface area contributed by atoms with Gasteiger partial charge in [-0.05, 0) is 37.0 Å². The molecule has 1 saturated heterocycles. The predicted octanol–water partition coefficient (Wildman–Crippen LogP) is 2.59. The highest BCUT2D eigenvalue weighted by Gasteiger charge is 2.36. The molecule has 0 unspecified atom stereocenters. The fourth-order valence-corrected chi connectivity index (χ4v) is 4.71. The number of nitrogens with zero attached hydrogens (tertiary/aromatic N) is 3. The first-order chi connectivity index (χ1) is 10.8. The summed E-state index contributed by atoms with van der Waals surface area (Å²) in [6.07, 6.45) is 6.81. The van der Waals surface area contributed by atoms with Crippen molar-refractivity contribution in [2.45, 2.75) is 42.0 Å². The van der Waals surface area contributed by atoms with E-state index < -0.39 is 0 Å². The molecule has 0 radical (unpaired) electrons. The summed E-state index contributed by atoms with van der Waals surface area (Å²) in [5, 5.41) is 4.33. The number of rotatable bonds is 3. The van der Waals surface area contributed by atoms with Gasteiger partial charge in [0.15, 0.2) is 0 Å². The number of aromatic nitrogens is 2. The standard InChI is InChI=1S/C17H19N3OS/c21-17(16-11-13-5-1-2-7-15(13)22-16)20-10-3-6-14(20)12-19-9-4-8-18-19/h1-2,4-5,7-9,14,16H,3,6,10-12H2/t14-,16-/m1/s1. The highest BCUT2D eigenvalue weighted by molar-refractivity contribution is 8.01. The Kier molecular flexibility index (Phi) is 3.66. The van der Waals surface area contributed by atoms with E-state index in [0.717, 1.165) is 32.4 Å². The van der Waals surface area contributed by atoms with Gasteiger partial charge in [0.25, 0.3) is 0 Å². The lowest BCUT2D eigenvalue weighted by Crippen LogP contribution is -2.42. The maximum Gasteiger partial charge on any atom is 0.236 e. The van der Waals surface area contributed by atoms with Gasteiger partial charge in [0, 0.05) is 23.8 Å². The van der Waals surface area contributed by atoms with Crippen LogP contribution in [0, 0.1) is 0 Å². The van der Waals surface area contributed by atoms with Crippen molar-refractivity contribution < 1.29 is 4.79 Å². The molecule has 1 aromatic heterocycles. The number of carbonyl (C=O) groups is 1. The Hall–Kier alpha value is -1.75. The van der Waals surface area contributed by atoms with Gasteiger partial charge >= 0.3 is 0 Å². The molecule has 3 heterocycles. The van der Waals surface area contributed by atoms with E-state index in [2.05, 4.69) is 34.3 Å². The summed E-state index contributed by atoms with van der Waals surface area (Å²) < 4.78 is 1.94. The van der Waals surface area contributed by atoms with E-state index in [-0.39, 0.29) is 11.3 Å². The maximum atomic E-state index is 12.9. The third kappa shape index (κ3) is 2.54. The zero-order valence-corrected chi connectivity index (χ0v) is 13.2. The highest BCUT2D eigenvalue weighted by atomic mass is 32.2. The molecule has 1 amide bonds. The Labute approximate surface area is 134 Å². The van der Waals surface area contributed by atoms with Crippen LogP contribution in [0.2, 0.25) is 0 Å². The number of carbonyl (C=O) groups excluding carboxylic acids is 1. The zero-order valence-electron chi connectivity index (χ0n) is 12.4. The lowest BCUT2D eigenvalue weighted by atomic mass is 10.1. The third-order valence-electron chi connectivity index (χ3n) is 4.54. The van der Waals surface area contributed by atoms with Crippen molar-refractivity contribution in [1.82, 2.24) is 14.7 Å². The van der Waals surface area contributed by atoms with Crippen molar-refractivity contribution in [1.29, 1.82) is 0 Å². The largest absolute Gasteiger partial charge is 0.337 e. The SMILES string of the molecule is O=C([C@H]1Cc2ccccc2S1)N1CCC[C@@H]1Cn1cccn1. The number of thioether (sulfide) groups is 1.